The summed E-state index contributed by atoms with van der Waals surface area (Å²) in [6, 6.07) is -1.22. The maximum atomic E-state index is 11.9. The Hall–Kier alpha value is -2.63. The van der Waals surface area contributed by atoms with Crippen molar-refractivity contribution in [2.75, 3.05) is 12.4 Å². The van der Waals surface area contributed by atoms with Crippen LogP contribution in [0.1, 0.15) is 0 Å². The minimum Gasteiger partial charge on any atom is -0.480 e. The molecule has 0 bridgehead atoms. The predicted molar refractivity (Wildman–Crippen MR) is 74.8 cm³/mol. The number of cyclic esters (lactones) is 1. The maximum Gasteiger partial charge on any atom is 0.354 e. The highest BCUT2D eigenvalue weighted by molar-refractivity contribution is 8.00. The Morgan fingerprint density at radius 3 is 3.13 bits per heavy atom. The smallest absolute Gasteiger partial charge is 0.354 e. The lowest BCUT2D eigenvalue weighted by atomic mass is 10.2. The zero-order chi connectivity index (χ0) is 16.4. The number of tetrazole rings is 1. The number of rotatable bonds is 5. The molecule has 0 saturated heterocycles. The number of nitrogens with zero attached hydrogens (tertiary/aromatic N) is 4. The molecule has 23 heavy (non-hydrogen) atoms. The highest BCUT2D eigenvalue weighted by atomic mass is 32.2. The third-order valence-electron chi connectivity index (χ3n) is 3.24. The lowest BCUT2D eigenvalue weighted by Gasteiger charge is -2.29. The summed E-state index contributed by atoms with van der Waals surface area (Å²) in [7, 11) is 0. The molecule has 12 heteroatoms. The van der Waals surface area contributed by atoms with Crippen molar-refractivity contribution >= 4 is 29.6 Å². The fourth-order valence-electron chi connectivity index (χ4n) is 2.16. The number of carboxylic acids is 1. The normalized spacial score (nSPS) is 21.2. The van der Waals surface area contributed by atoms with Crippen LogP contribution in [0.25, 0.3) is 0 Å². The summed E-state index contributed by atoms with van der Waals surface area (Å²) in [5.74, 6) is -1.81. The van der Waals surface area contributed by atoms with E-state index >= 15 is 0 Å². The topological polar surface area (TPSA) is 148 Å². The van der Waals surface area contributed by atoms with E-state index in [0.29, 0.717) is 5.75 Å². The molecule has 1 amide bonds. The summed E-state index contributed by atoms with van der Waals surface area (Å²) < 4.78 is 6.06. The summed E-state index contributed by atoms with van der Waals surface area (Å²) in [5.41, 5.74) is 1.08. The number of nitrogens with one attached hydrogen (secondary N) is 2. The molecule has 0 spiro atoms. The van der Waals surface area contributed by atoms with Crippen LogP contribution in [0.4, 0.5) is 0 Å². The molecule has 2 atom stereocenters. The van der Waals surface area contributed by atoms with Crippen molar-refractivity contribution in [3.05, 3.63) is 17.6 Å². The van der Waals surface area contributed by atoms with Crippen LogP contribution in [0.2, 0.25) is 0 Å². The summed E-state index contributed by atoms with van der Waals surface area (Å²) in [5, 5.41) is 24.2. The molecule has 122 valence electrons. The molecule has 1 aromatic heterocycles. The highest BCUT2D eigenvalue weighted by Gasteiger charge is 2.38. The van der Waals surface area contributed by atoms with Gasteiger partial charge in [0.15, 0.2) is 6.04 Å². The van der Waals surface area contributed by atoms with Gasteiger partial charge in [0.25, 0.3) is 0 Å². The number of carbonyl (C=O) groups is 3. The average molecular weight is 340 g/mol. The highest BCUT2D eigenvalue weighted by Crippen LogP contribution is 2.28. The number of hydrogen-bond donors (Lipinski definition) is 3. The molecule has 11 nitrogen and oxygen atoms in total. The number of hydrogen-bond acceptors (Lipinski definition) is 9. The Morgan fingerprint density at radius 1 is 1.61 bits per heavy atom. The molecule has 3 N–H and O–H groups in total. The first-order valence-electron chi connectivity index (χ1n) is 6.55. The van der Waals surface area contributed by atoms with Crippen molar-refractivity contribution < 1.29 is 24.2 Å². The molecular formula is C11H12N6O5S. The monoisotopic (exact) mass is 340 g/mol. The first kappa shape index (κ1) is 15.3. The number of aliphatic carboxylic acids is 1. The Morgan fingerprint density at radius 2 is 2.43 bits per heavy atom. The number of aromatic nitrogens is 4. The van der Waals surface area contributed by atoms with Crippen molar-refractivity contribution in [1.82, 2.24) is 30.8 Å². The van der Waals surface area contributed by atoms with Crippen molar-refractivity contribution in [3.63, 3.8) is 0 Å². The van der Waals surface area contributed by atoms with Crippen molar-refractivity contribution in [2.24, 2.45) is 0 Å². The van der Waals surface area contributed by atoms with Crippen LogP contribution in [0.5, 0.6) is 0 Å². The van der Waals surface area contributed by atoms with Gasteiger partial charge in [0.05, 0.1) is 0 Å². The molecule has 1 aromatic rings. The standard InChI is InChI=1S/C11H12N6O5S/c18-6(1-17-4-12-15-16-17)13-8(10(19)20)9-14-7-5(3-23-9)2-22-11(7)21/h4,8-9,14H,1-3H2,(H,13,18)(H,19,20). The second-order valence-electron chi connectivity index (χ2n) is 4.82. The quantitative estimate of drug-likeness (QED) is 0.500. The molecule has 0 saturated carbocycles. The minimum atomic E-state index is -1.22. The number of carbonyl (C=O) groups excluding carboxylic acids is 2. The van der Waals surface area contributed by atoms with Crippen molar-refractivity contribution in [1.29, 1.82) is 0 Å². The van der Waals surface area contributed by atoms with E-state index in [1.54, 1.807) is 0 Å². The maximum absolute atomic E-state index is 11.9. The van der Waals surface area contributed by atoms with Crippen LogP contribution in [0.15, 0.2) is 17.6 Å². The zero-order valence-electron chi connectivity index (χ0n) is 11.6. The van der Waals surface area contributed by atoms with Gasteiger partial charge < -0.3 is 20.5 Å². The third-order valence-corrected chi connectivity index (χ3v) is 4.51. The molecular weight excluding hydrogens is 328 g/mol. The van der Waals surface area contributed by atoms with E-state index in [2.05, 4.69) is 26.2 Å². The molecule has 3 rings (SSSR count). The number of amides is 1. The van der Waals surface area contributed by atoms with Gasteiger partial charge in [0.1, 0.15) is 30.5 Å². The SMILES string of the molecule is O=C(Cn1cnnn1)NC(C(=O)O)C1NC2=C(COC2=O)CS1. The van der Waals surface area contributed by atoms with E-state index in [4.69, 9.17) is 4.74 Å². The van der Waals surface area contributed by atoms with E-state index in [1.165, 1.54) is 22.8 Å². The first-order chi connectivity index (χ1) is 11.0. The Kier molecular flexibility index (Phi) is 4.14. The van der Waals surface area contributed by atoms with Gasteiger partial charge in [0.2, 0.25) is 5.91 Å². The number of ether oxygens (including phenoxy) is 1. The molecule has 0 fully saturated rings. The average Bonchev–Trinajstić information content (AvgIpc) is 3.15. The van der Waals surface area contributed by atoms with Crippen LogP contribution in [-0.2, 0) is 25.7 Å². The fraction of sp³-hybridized carbons (Fsp3) is 0.455. The van der Waals surface area contributed by atoms with Crippen molar-refractivity contribution in [3.8, 4) is 0 Å². The van der Waals surface area contributed by atoms with Crippen molar-refractivity contribution in [2.45, 2.75) is 18.0 Å². The summed E-state index contributed by atoms with van der Waals surface area (Å²) >= 11 is 1.28. The molecule has 2 aliphatic rings. The van der Waals surface area contributed by atoms with Gasteiger partial charge in [-0.1, -0.05) is 0 Å². The lowest BCUT2D eigenvalue weighted by Crippen LogP contribution is -2.54. The number of esters is 1. The van der Waals surface area contributed by atoms with Crippen LogP contribution in [0.3, 0.4) is 0 Å². The molecule has 0 aromatic carbocycles. The molecule has 2 unspecified atom stereocenters. The van der Waals surface area contributed by atoms with Gasteiger partial charge in [-0.15, -0.1) is 16.9 Å². The second kappa shape index (κ2) is 6.24. The largest absolute Gasteiger partial charge is 0.480 e. The predicted octanol–water partition coefficient (Wildman–Crippen LogP) is -2.28. The van der Waals surface area contributed by atoms with Gasteiger partial charge in [0, 0.05) is 11.3 Å². The molecule has 2 aliphatic heterocycles. The van der Waals surface area contributed by atoms with E-state index in [0.717, 1.165) is 5.57 Å². The van der Waals surface area contributed by atoms with Gasteiger partial charge >= 0.3 is 11.9 Å². The van der Waals surface area contributed by atoms with E-state index in [1.807, 2.05) is 0 Å². The van der Waals surface area contributed by atoms with E-state index < -0.39 is 29.3 Å². The summed E-state index contributed by atoms with van der Waals surface area (Å²) in [6.45, 7) is 0.00837. The summed E-state index contributed by atoms with van der Waals surface area (Å²) in [6.07, 6.45) is 1.24. The first-order valence-corrected chi connectivity index (χ1v) is 7.59. The molecule has 3 heterocycles. The molecule has 0 radical (unpaired) electrons. The minimum absolute atomic E-state index is 0.204. The lowest BCUT2D eigenvalue weighted by molar-refractivity contribution is -0.142. The Balaban J connectivity index is 1.66. The second-order valence-corrected chi connectivity index (χ2v) is 5.95. The van der Waals surface area contributed by atoms with E-state index in [9.17, 15) is 19.5 Å². The number of thioether (sulfide) groups is 1. The van der Waals surface area contributed by atoms with Gasteiger partial charge in [-0.2, -0.15) is 0 Å². The Bertz CT molecular complexity index is 674. The number of carboxylic acid groups (broad SMARTS) is 1. The van der Waals surface area contributed by atoms with Gasteiger partial charge in [-0.05, 0) is 10.4 Å². The van der Waals surface area contributed by atoms with Gasteiger partial charge in [-0.3, -0.25) is 4.79 Å². The zero-order valence-corrected chi connectivity index (χ0v) is 12.4. The van der Waals surface area contributed by atoms with Gasteiger partial charge in [-0.25, -0.2) is 14.3 Å². The van der Waals surface area contributed by atoms with E-state index in [-0.39, 0.29) is 18.8 Å². The van der Waals surface area contributed by atoms with Crippen LogP contribution < -0.4 is 10.6 Å². The van der Waals surface area contributed by atoms with Crippen LogP contribution >= 0.6 is 11.8 Å². The fourth-order valence-corrected chi connectivity index (χ4v) is 3.34. The van der Waals surface area contributed by atoms with Crippen LogP contribution in [0, 0.1) is 0 Å². The van der Waals surface area contributed by atoms with Crippen LogP contribution in [-0.4, -0.2) is 66.9 Å². The summed E-state index contributed by atoms with van der Waals surface area (Å²) in [4.78, 5) is 35.0. The third kappa shape index (κ3) is 3.26. The molecule has 0 aliphatic carbocycles. The Labute approximate surface area is 133 Å².